The summed E-state index contributed by atoms with van der Waals surface area (Å²) in [5.41, 5.74) is 6.14. The van der Waals surface area contributed by atoms with Crippen LogP contribution in [0.5, 0.6) is 0 Å². The van der Waals surface area contributed by atoms with Crippen LogP contribution in [0.1, 0.15) is 90.9 Å². The van der Waals surface area contributed by atoms with Crippen molar-refractivity contribution in [3.8, 4) is 0 Å². The van der Waals surface area contributed by atoms with Crippen LogP contribution in [0.3, 0.4) is 0 Å². The third kappa shape index (κ3) is 4.99. The topological polar surface area (TPSA) is 62.9 Å². The minimum absolute atomic E-state index is 0.0888. The highest BCUT2D eigenvalue weighted by Gasteiger charge is 2.58. The van der Waals surface area contributed by atoms with Crippen LogP contribution in [0.15, 0.2) is 0 Å². The normalized spacial score (nSPS) is 34.3. The Labute approximate surface area is 159 Å². The van der Waals surface area contributed by atoms with Gasteiger partial charge in [-0.15, -0.1) is 0 Å². The first-order chi connectivity index (χ1) is 12.7. The van der Waals surface area contributed by atoms with Gasteiger partial charge in [-0.05, 0) is 26.2 Å². The quantitative estimate of drug-likeness (QED) is 0.583. The predicted octanol–water partition coefficient (Wildman–Crippen LogP) is 4.27. The SMILES string of the molecule is CCCCCCCCCO[C@@H]1[C@H]2OC3(CCCCC3)O[C@H]2O[C@@H]1[C@H](C)N. The first-order valence-electron chi connectivity index (χ1n) is 11.0. The molecule has 2 N–H and O–H groups in total. The molecule has 0 bridgehead atoms. The number of ether oxygens (including phenoxy) is 4. The van der Waals surface area contributed by atoms with E-state index >= 15 is 0 Å². The summed E-state index contributed by atoms with van der Waals surface area (Å²) in [7, 11) is 0. The molecule has 0 amide bonds. The lowest BCUT2D eigenvalue weighted by Gasteiger charge is -2.34. The highest BCUT2D eigenvalue weighted by molar-refractivity contribution is 4.99. The van der Waals surface area contributed by atoms with Crippen LogP contribution in [-0.4, -0.2) is 43.0 Å². The van der Waals surface area contributed by atoms with Crippen molar-refractivity contribution in [1.82, 2.24) is 0 Å². The molecular formula is C21H39NO4. The zero-order valence-corrected chi connectivity index (χ0v) is 16.8. The maximum atomic E-state index is 6.40. The van der Waals surface area contributed by atoms with Crippen LogP contribution in [0, 0.1) is 0 Å². The molecule has 0 aromatic rings. The van der Waals surface area contributed by atoms with Gasteiger partial charge in [-0.2, -0.15) is 0 Å². The first-order valence-corrected chi connectivity index (χ1v) is 11.0. The van der Waals surface area contributed by atoms with Gasteiger partial charge in [0.15, 0.2) is 12.1 Å². The second kappa shape index (κ2) is 9.83. The summed E-state index contributed by atoms with van der Waals surface area (Å²) >= 11 is 0. The summed E-state index contributed by atoms with van der Waals surface area (Å²) in [5, 5.41) is 0. The number of nitrogens with two attached hydrogens (primary N) is 1. The molecule has 5 heteroatoms. The number of unbranched alkanes of at least 4 members (excludes halogenated alkanes) is 6. The van der Waals surface area contributed by atoms with Gasteiger partial charge in [0.2, 0.25) is 0 Å². The Morgan fingerprint density at radius 3 is 2.38 bits per heavy atom. The Morgan fingerprint density at radius 2 is 1.69 bits per heavy atom. The van der Waals surface area contributed by atoms with E-state index in [1.54, 1.807) is 0 Å². The highest BCUT2D eigenvalue weighted by Crippen LogP contribution is 2.46. The Balaban J connectivity index is 1.44. The molecule has 2 saturated heterocycles. The summed E-state index contributed by atoms with van der Waals surface area (Å²) < 4.78 is 25.0. The van der Waals surface area contributed by atoms with Gasteiger partial charge in [0, 0.05) is 25.5 Å². The van der Waals surface area contributed by atoms with Crippen LogP contribution >= 0.6 is 0 Å². The van der Waals surface area contributed by atoms with Crippen molar-refractivity contribution in [1.29, 1.82) is 0 Å². The number of fused-ring (bicyclic) bond motifs is 1. The molecule has 5 nitrogen and oxygen atoms in total. The molecule has 152 valence electrons. The average Bonchev–Trinajstić information content (AvgIpc) is 3.12. The maximum absolute atomic E-state index is 6.40. The molecule has 3 fully saturated rings. The van der Waals surface area contributed by atoms with E-state index in [1.165, 1.54) is 57.8 Å². The molecule has 3 rings (SSSR count). The minimum atomic E-state index is -0.433. The van der Waals surface area contributed by atoms with Crippen LogP contribution in [-0.2, 0) is 18.9 Å². The van der Waals surface area contributed by atoms with E-state index in [0.717, 1.165) is 25.9 Å². The molecule has 0 aromatic carbocycles. The highest BCUT2D eigenvalue weighted by atomic mass is 16.8. The summed E-state index contributed by atoms with van der Waals surface area (Å²) in [6.45, 7) is 4.99. The molecule has 2 heterocycles. The largest absolute Gasteiger partial charge is 0.373 e. The summed E-state index contributed by atoms with van der Waals surface area (Å²) in [5.74, 6) is -0.433. The van der Waals surface area contributed by atoms with Gasteiger partial charge in [-0.1, -0.05) is 51.9 Å². The van der Waals surface area contributed by atoms with Gasteiger partial charge < -0.3 is 24.7 Å². The lowest BCUT2D eigenvalue weighted by atomic mass is 9.94. The van der Waals surface area contributed by atoms with Gasteiger partial charge >= 0.3 is 0 Å². The predicted molar refractivity (Wildman–Crippen MR) is 102 cm³/mol. The van der Waals surface area contributed by atoms with Crippen LogP contribution in [0.2, 0.25) is 0 Å². The van der Waals surface area contributed by atoms with E-state index in [0.29, 0.717) is 0 Å². The Bertz CT molecular complexity index is 411. The molecule has 3 aliphatic rings. The van der Waals surface area contributed by atoms with Crippen molar-refractivity contribution in [2.75, 3.05) is 6.61 Å². The molecule has 5 atom stereocenters. The van der Waals surface area contributed by atoms with Gasteiger partial charge in [-0.25, -0.2) is 0 Å². The third-order valence-corrected chi connectivity index (χ3v) is 6.08. The molecule has 0 unspecified atom stereocenters. The fourth-order valence-electron chi connectivity index (χ4n) is 4.57. The monoisotopic (exact) mass is 369 g/mol. The van der Waals surface area contributed by atoms with E-state index in [9.17, 15) is 0 Å². The second-order valence-corrected chi connectivity index (χ2v) is 8.46. The molecule has 1 aliphatic carbocycles. The van der Waals surface area contributed by atoms with Crippen LogP contribution < -0.4 is 5.73 Å². The molecule has 0 radical (unpaired) electrons. The van der Waals surface area contributed by atoms with Crippen molar-refractivity contribution in [3.63, 3.8) is 0 Å². The Morgan fingerprint density at radius 1 is 1.00 bits per heavy atom. The Hall–Kier alpha value is -0.200. The molecule has 1 spiro atoms. The summed E-state index contributed by atoms with van der Waals surface area (Å²) in [4.78, 5) is 0. The van der Waals surface area contributed by atoms with E-state index in [-0.39, 0.29) is 30.6 Å². The van der Waals surface area contributed by atoms with Gasteiger partial charge in [0.05, 0.1) is 0 Å². The first kappa shape index (κ1) is 20.5. The van der Waals surface area contributed by atoms with E-state index in [4.69, 9.17) is 24.7 Å². The molecule has 26 heavy (non-hydrogen) atoms. The van der Waals surface area contributed by atoms with Crippen molar-refractivity contribution in [2.24, 2.45) is 5.73 Å². The number of hydrogen-bond acceptors (Lipinski definition) is 5. The lowest BCUT2D eigenvalue weighted by Crippen LogP contribution is -2.46. The van der Waals surface area contributed by atoms with Crippen LogP contribution in [0.25, 0.3) is 0 Å². The molecule has 1 saturated carbocycles. The summed E-state index contributed by atoms with van der Waals surface area (Å²) in [6, 6.07) is -0.0888. The van der Waals surface area contributed by atoms with Gasteiger partial charge in [0.1, 0.15) is 18.3 Å². The van der Waals surface area contributed by atoms with Crippen molar-refractivity contribution in [3.05, 3.63) is 0 Å². The molecular weight excluding hydrogens is 330 g/mol. The minimum Gasteiger partial charge on any atom is -0.373 e. The molecule has 0 aromatic heterocycles. The van der Waals surface area contributed by atoms with Crippen LogP contribution in [0.4, 0.5) is 0 Å². The van der Waals surface area contributed by atoms with E-state index in [1.807, 2.05) is 6.92 Å². The van der Waals surface area contributed by atoms with Gasteiger partial charge in [-0.3, -0.25) is 0 Å². The third-order valence-electron chi connectivity index (χ3n) is 6.08. The fraction of sp³-hybridized carbons (Fsp3) is 1.00. The smallest absolute Gasteiger partial charge is 0.190 e. The van der Waals surface area contributed by atoms with Gasteiger partial charge in [0.25, 0.3) is 0 Å². The molecule has 2 aliphatic heterocycles. The average molecular weight is 370 g/mol. The fourth-order valence-corrected chi connectivity index (χ4v) is 4.57. The number of hydrogen-bond donors (Lipinski definition) is 1. The van der Waals surface area contributed by atoms with Crippen molar-refractivity contribution in [2.45, 2.75) is 127 Å². The zero-order chi connectivity index (χ0) is 18.4. The standard InChI is InChI=1S/C21H39NO4/c1-3-4-5-6-7-8-12-15-23-18-17(16(2)22)24-20-19(18)25-21(26-20)13-10-9-11-14-21/h16-20H,3-15,22H2,1-2H3/t16-,17+,18-,19+,20+/m0/s1. The Kier molecular flexibility index (Phi) is 7.76. The lowest BCUT2D eigenvalue weighted by molar-refractivity contribution is -0.249. The zero-order valence-electron chi connectivity index (χ0n) is 16.8. The van der Waals surface area contributed by atoms with Crippen molar-refractivity contribution < 1.29 is 18.9 Å². The number of rotatable bonds is 10. The maximum Gasteiger partial charge on any atom is 0.190 e. The second-order valence-electron chi connectivity index (χ2n) is 8.46. The van der Waals surface area contributed by atoms with E-state index in [2.05, 4.69) is 6.92 Å². The van der Waals surface area contributed by atoms with E-state index < -0.39 is 5.79 Å². The summed E-state index contributed by atoms with van der Waals surface area (Å²) in [6.07, 6.45) is 13.8. The van der Waals surface area contributed by atoms with Crippen molar-refractivity contribution >= 4 is 0 Å².